The van der Waals surface area contributed by atoms with Gasteiger partial charge in [0.1, 0.15) is 13.2 Å². The Morgan fingerprint density at radius 2 is 1.06 bits per heavy atom. The molecule has 0 heterocycles. The third-order valence-corrected chi connectivity index (χ3v) is 6.23. The van der Waals surface area contributed by atoms with E-state index in [2.05, 4.69) is 10.6 Å². The molecule has 1 aromatic carbocycles. The van der Waals surface area contributed by atoms with E-state index in [0.717, 1.165) is 24.8 Å². The Labute approximate surface area is 280 Å². The van der Waals surface area contributed by atoms with E-state index in [4.69, 9.17) is 47.4 Å². The SMILES string of the molecule is COCCOCCOCCOCCOCCOCCOCCOCCOCC(=O)NCCCC[C@H](C)NC(=O)OCc1ccccc1. The fraction of sp³-hybridized carbons (Fsp3) is 0.758. The van der Waals surface area contributed by atoms with Crippen LogP contribution in [0.4, 0.5) is 4.79 Å². The highest BCUT2D eigenvalue weighted by atomic mass is 16.6. The van der Waals surface area contributed by atoms with Crippen molar-refractivity contribution in [2.75, 3.05) is 126 Å². The van der Waals surface area contributed by atoms with Crippen molar-refractivity contribution in [3.05, 3.63) is 35.9 Å². The Hall–Kier alpha value is -2.40. The van der Waals surface area contributed by atoms with Crippen molar-refractivity contribution in [1.29, 1.82) is 0 Å². The number of ether oxygens (including phenoxy) is 10. The zero-order valence-electron chi connectivity index (χ0n) is 28.4. The molecule has 0 fully saturated rings. The molecule has 0 radical (unpaired) electrons. The number of amides is 2. The predicted octanol–water partition coefficient (Wildman–Crippen LogP) is 2.37. The third kappa shape index (κ3) is 30.7. The number of methoxy groups -OCH3 is 1. The molecular formula is C33H58N2O12. The summed E-state index contributed by atoms with van der Waals surface area (Å²) in [6, 6.07) is 9.52. The minimum absolute atomic E-state index is 0.0133. The topological polar surface area (TPSA) is 150 Å². The Morgan fingerprint density at radius 3 is 1.53 bits per heavy atom. The van der Waals surface area contributed by atoms with Gasteiger partial charge in [-0.25, -0.2) is 4.79 Å². The van der Waals surface area contributed by atoms with E-state index in [1.165, 1.54) is 0 Å². The van der Waals surface area contributed by atoms with Gasteiger partial charge in [-0.15, -0.1) is 0 Å². The van der Waals surface area contributed by atoms with Gasteiger partial charge in [0.2, 0.25) is 5.91 Å². The van der Waals surface area contributed by atoms with Gasteiger partial charge in [0.15, 0.2) is 0 Å². The van der Waals surface area contributed by atoms with Crippen LogP contribution in [0.5, 0.6) is 0 Å². The third-order valence-electron chi connectivity index (χ3n) is 6.23. The van der Waals surface area contributed by atoms with Gasteiger partial charge in [0, 0.05) is 19.7 Å². The Morgan fingerprint density at radius 1 is 0.617 bits per heavy atom. The minimum Gasteiger partial charge on any atom is -0.445 e. The van der Waals surface area contributed by atoms with Crippen LogP contribution in [0.15, 0.2) is 30.3 Å². The van der Waals surface area contributed by atoms with Crippen molar-refractivity contribution in [2.24, 2.45) is 0 Å². The van der Waals surface area contributed by atoms with Gasteiger partial charge in [-0.3, -0.25) is 4.79 Å². The summed E-state index contributed by atoms with van der Waals surface area (Å²) in [6.07, 6.45) is 2.02. The van der Waals surface area contributed by atoms with Gasteiger partial charge in [0.25, 0.3) is 0 Å². The Bertz CT molecular complexity index is 837. The molecule has 272 valence electrons. The summed E-state index contributed by atoms with van der Waals surface area (Å²) in [5.74, 6) is -0.166. The largest absolute Gasteiger partial charge is 0.445 e. The number of nitrogens with one attached hydrogen (secondary N) is 2. The van der Waals surface area contributed by atoms with Gasteiger partial charge in [-0.2, -0.15) is 0 Å². The van der Waals surface area contributed by atoms with Crippen molar-refractivity contribution in [1.82, 2.24) is 10.6 Å². The van der Waals surface area contributed by atoms with E-state index in [1.807, 2.05) is 37.3 Å². The van der Waals surface area contributed by atoms with Crippen LogP contribution in [-0.4, -0.2) is 144 Å². The highest BCUT2D eigenvalue weighted by molar-refractivity contribution is 5.77. The molecule has 1 atom stereocenters. The number of carbonyl (C=O) groups is 2. The Kier molecular flexibility index (Phi) is 30.4. The van der Waals surface area contributed by atoms with E-state index in [1.54, 1.807) is 7.11 Å². The first-order valence-electron chi connectivity index (χ1n) is 16.5. The fourth-order valence-corrected chi connectivity index (χ4v) is 3.74. The number of carbonyl (C=O) groups excluding carboxylic acids is 2. The second-order valence-electron chi connectivity index (χ2n) is 10.3. The number of unbranched alkanes of at least 4 members (excludes halogenated alkanes) is 1. The zero-order valence-corrected chi connectivity index (χ0v) is 28.4. The van der Waals surface area contributed by atoms with Crippen LogP contribution in [-0.2, 0) is 58.8 Å². The summed E-state index contributed by atoms with van der Waals surface area (Å²) in [7, 11) is 1.64. The van der Waals surface area contributed by atoms with Gasteiger partial charge >= 0.3 is 6.09 Å². The molecule has 0 saturated heterocycles. The number of rotatable bonds is 34. The van der Waals surface area contributed by atoms with Crippen LogP contribution in [0.1, 0.15) is 31.7 Å². The van der Waals surface area contributed by atoms with Crippen molar-refractivity contribution in [3.8, 4) is 0 Å². The molecule has 1 aromatic rings. The minimum atomic E-state index is -0.431. The van der Waals surface area contributed by atoms with E-state index >= 15 is 0 Å². The molecule has 47 heavy (non-hydrogen) atoms. The quantitative estimate of drug-likeness (QED) is 0.103. The maximum Gasteiger partial charge on any atom is 0.407 e. The molecule has 0 aliphatic rings. The molecule has 0 aromatic heterocycles. The smallest absolute Gasteiger partial charge is 0.407 e. The van der Waals surface area contributed by atoms with Crippen LogP contribution in [0.2, 0.25) is 0 Å². The molecular weight excluding hydrogens is 616 g/mol. The summed E-state index contributed by atoms with van der Waals surface area (Å²) in [6.45, 7) is 10.5. The first-order chi connectivity index (χ1) is 23.1. The average molecular weight is 675 g/mol. The molecule has 0 aliphatic carbocycles. The number of hydrogen-bond acceptors (Lipinski definition) is 12. The zero-order chi connectivity index (χ0) is 33.9. The molecule has 1 rings (SSSR count). The lowest BCUT2D eigenvalue weighted by Gasteiger charge is -2.14. The van der Waals surface area contributed by atoms with Crippen LogP contribution < -0.4 is 10.6 Å². The molecule has 14 heteroatoms. The van der Waals surface area contributed by atoms with Crippen LogP contribution in [0, 0.1) is 0 Å². The lowest BCUT2D eigenvalue weighted by molar-refractivity contribution is -0.126. The lowest BCUT2D eigenvalue weighted by Crippen LogP contribution is -2.33. The van der Waals surface area contributed by atoms with Crippen LogP contribution in [0.3, 0.4) is 0 Å². The van der Waals surface area contributed by atoms with E-state index in [9.17, 15) is 9.59 Å². The van der Waals surface area contributed by atoms with Crippen molar-refractivity contribution in [3.63, 3.8) is 0 Å². The highest BCUT2D eigenvalue weighted by Crippen LogP contribution is 2.03. The van der Waals surface area contributed by atoms with Gasteiger partial charge < -0.3 is 58.0 Å². The molecule has 0 spiro atoms. The van der Waals surface area contributed by atoms with Gasteiger partial charge in [0.05, 0.1) is 106 Å². The lowest BCUT2D eigenvalue weighted by atomic mass is 10.1. The predicted molar refractivity (Wildman–Crippen MR) is 175 cm³/mol. The summed E-state index contributed by atoms with van der Waals surface area (Å²) in [5.41, 5.74) is 0.943. The van der Waals surface area contributed by atoms with Gasteiger partial charge in [-0.05, 0) is 31.7 Å². The van der Waals surface area contributed by atoms with Gasteiger partial charge in [-0.1, -0.05) is 30.3 Å². The molecule has 0 saturated carbocycles. The van der Waals surface area contributed by atoms with Crippen molar-refractivity contribution < 1.29 is 57.0 Å². The maximum atomic E-state index is 11.9. The summed E-state index contributed by atoms with van der Waals surface area (Å²) >= 11 is 0. The second kappa shape index (κ2) is 33.5. The normalized spacial score (nSPS) is 11.8. The van der Waals surface area contributed by atoms with Crippen molar-refractivity contribution in [2.45, 2.75) is 38.8 Å². The summed E-state index contributed by atoms with van der Waals surface area (Å²) < 4.78 is 53.4. The summed E-state index contributed by atoms with van der Waals surface area (Å²) in [4.78, 5) is 23.8. The van der Waals surface area contributed by atoms with E-state index in [0.29, 0.717) is 112 Å². The molecule has 0 unspecified atom stereocenters. The first kappa shape index (κ1) is 42.6. The molecule has 2 N–H and O–H groups in total. The van der Waals surface area contributed by atoms with Crippen LogP contribution in [0.25, 0.3) is 0 Å². The van der Waals surface area contributed by atoms with Crippen LogP contribution >= 0.6 is 0 Å². The highest BCUT2D eigenvalue weighted by Gasteiger charge is 2.09. The average Bonchev–Trinajstić information content (AvgIpc) is 3.07. The number of hydrogen-bond donors (Lipinski definition) is 2. The Balaban J connectivity index is 1.73. The van der Waals surface area contributed by atoms with E-state index < -0.39 is 6.09 Å². The second-order valence-corrected chi connectivity index (χ2v) is 10.3. The molecule has 0 bridgehead atoms. The molecule has 2 amide bonds. The fourth-order valence-electron chi connectivity index (χ4n) is 3.74. The first-order valence-corrected chi connectivity index (χ1v) is 16.5. The molecule has 14 nitrogen and oxygen atoms in total. The maximum absolute atomic E-state index is 11.9. The number of benzene rings is 1. The number of alkyl carbamates (subject to hydrolysis) is 1. The standard InChI is InChI=1S/C33H58N2O12/c1-30(35-33(37)47-28-31-9-4-3-5-10-31)8-6-7-11-34-32(36)29-46-27-26-45-25-24-44-23-22-43-21-20-42-19-18-41-17-16-40-15-14-39-13-12-38-2/h3-5,9-10,30H,6-8,11-29H2,1-2H3,(H,34,36)(H,35,37)/t30-/m0/s1. The van der Waals surface area contributed by atoms with E-state index in [-0.39, 0.29) is 25.2 Å². The summed E-state index contributed by atoms with van der Waals surface area (Å²) in [5, 5.41) is 5.66. The van der Waals surface area contributed by atoms with Crippen molar-refractivity contribution >= 4 is 12.0 Å². The monoisotopic (exact) mass is 674 g/mol. The molecule has 0 aliphatic heterocycles.